The molecule has 1 saturated heterocycles. The van der Waals surface area contributed by atoms with Crippen molar-refractivity contribution >= 4 is 16.7 Å². The molecule has 0 spiro atoms. The van der Waals surface area contributed by atoms with E-state index in [9.17, 15) is 18.0 Å². The van der Waals surface area contributed by atoms with Crippen LogP contribution in [0.3, 0.4) is 0 Å². The maximum absolute atomic E-state index is 12.8. The Balaban J connectivity index is 1.87. The Labute approximate surface area is 137 Å². The Bertz CT molecular complexity index is 776. The number of hydrogen-bond acceptors (Lipinski definition) is 4. The number of ether oxygens (including phenoxy) is 1. The number of alkyl halides is 3. The third kappa shape index (κ3) is 3.21. The van der Waals surface area contributed by atoms with E-state index < -0.39 is 11.7 Å². The highest BCUT2D eigenvalue weighted by molar-refractivity contribution is 5.85. The topological polar surface area (TPSA) is 42.4 Å². The largest absolute Gasteiger partial charge is 0.488 e. The Morgan fingerprint density at radius 2 is 2.08 bits per heavy atom. The molecule has 1 aliphatic rings. The predicted octanol–water partition coefficient (Wildman–Crippen LogP) is 3.29. The van der Waals surface area contributed by atoms with E-state index in [4.69, 9.17) is 4.74 Å². The van der Waals surface area contributed by atoms with Gasteiger partial charge in [0, 0.05) is 24.5 Å². The molecule has 4 nitrogen and oxygen atoms in total. The van der Waals surface area contributed by atoms with Gasteiger partial charge in [0.1, 0.15) is 17.6 Å². The third-order valence-corrected chi connectivity index (χ3v) is 4.30. The van der Waals surface area contributed by atoms with Crippen LogP contribution in [0.5, 0.6) is 5.75 Å². The van der Waals surface area contributed by atoms with Crippen molar-refractivity contribution in [2.75, 3.05) is 13.6 Å². The molecular formula is C17H17F3N2O2. The zero-order chi connectivity index (χ0) is 17.5. The van der Waals surface area contributed by atoms with Crippen LogP contribution in [0.15, 0.2) is 30.5 Å². The van der Waals surface area contributed by atoms with E-state index in [1.807, 2.05) is 11.9 Å². The van der Waals surface area contributed by atoms with Crippen molar-refractivity contribution in [2.24, 2.45) is 0 Å². The zero-order valence-electron chi connectivity index (χ0n) is 13.3. The number of fused-ring (bicyclic) bond motifs is 1. The average Bonchev–Trinajstić information content (AvgIpc) is 2.87. The van der Waals surface area contributed by atoms with Crippen LogP contribution < -0.4 is 4.74 Å². The van der Waals surface area contributed by atoms with Gasteiger partial charge in [-0.15, -0.1) is 0 Å². The number of carbonyl (C=O) groups excluding carboxylic acids is 1. The number of Topliss-reactive ketones (excluding diaryl/α,β-unsaturated/α-hetero) is 1. The summed E-state index contributed by atoms with van der Waals surface area (Å²) in [5, 5.41) is 0.527. The van der Waals surface area contributed by atoms with Gasteiger partial charge < -0.3 is 4.74 Å². The number of benzene rings is 1. The number of aromatic nitrogens is 1. The average molecular weight is 338 g/mol. The number of hydrogen-bond donors (Lipinski definition) is 0. The van der Waals surface area contributed by atoms with Crippen molar-refractivity contribution in [3.8, 4) is 5.75 Å². The normalized spacial score (nSPS) is 22.0. The molecule has 7 heteroatoms. The van der Waals surface area contributed by atoms with E-state index in [1.165, 1.54) is 12.3 Å². The standard InChI is InChI=1S/C17H17F3N2O2/c1-10(23)15-8-12(9-22(15)2)24-16-5-6-21-14-7-11(17(18,19)20)3-4-13(14)16/h3-7,12,15H,8-9H2,1-2H3. The molecule has 2 heterocycles. The molecule has 0 saturated carbocycles. The van der Waals surface area contributed by atoms with Crippen LogP contribution in [0.4, 0.5) is 13.2 Å². The van der Waals surface area contributed by atoms with Crippen molar-refractivity contribution in [1.82, 2.24) is 9.88 Å². The summed E-state index contributed by atoms with van der Waals surface area (Å²) in [6.07, 6.45) is -2.60. The highest BCUT2D eigenvalue weighted by Gasteiger charge is 2.34. The molecule has 0 N–H and O–H groups in total. The second-order valence-electron chi connectivity index (χ2n) is 6.08. The fourth-order valence-corrected chi connectivity index (χ4v) is 3.09. The number of ketones is 1. The van der Waals surface area contributed by atoms with Crippen molar-refractivity contribution < 1.29 is 22.7 Å². The quantitative estimate of drug-likeness (QED) is 0.861. The van der Waals surface area contributed by atoms with Gasteiger partial charge in [0.15, 0.2) is 0 Å². The molecule has 2 atom stereocenters. The number of nitrogens with zero attached hydrogens (tertiary/aromatic N) is 2. The lowest BCUT2D eigenvalue weighted by Crippen LogP contribution is -2.31. The second kappa shape index (κ2) is 6.05. The van der Waals surface area contributed by atoms with Crippen molar-refractivity contribution in [3.05, 3.63) is 36.0 Å². The summed E-state index contributed by atoms with van der Waals surface area (Å²) >= 11 is 0. The van der Waals surface area contributed by atoms with E-state index in [2.05, 4.69) is 4.98 Å². The van der Waals surface area contributed by atoms with Crippen molar-refractivity contribution in [1.29, 1.82) is 0 Å². The van der Waals surface area contributed by atoms with Gasteiger partial charge in [-0.1, -0.05) is 0 Å². The van der Waals surface area contributed by atoms with Gasteiger partial charge in [0.05, 0.1) is 17.1 Å². The van der Waals surface area contributed by atoms with E-state index in [0.29, 0.717) is 24.1 Å². The lowest BCUT2D eigenvalue weighted by Gasteiger charge is -2.16. The summed E-state index contributed by atoms with van der Waals surface area (Å²) < 4.78 is 44.4. The molecule has 1 aliphatic heterocycles. The summed E-state index contributed by atoms with van der Waals surface area (Å²) in [5.74, 6) is 0.564. The first kappa shape index (κ1) is 16.7. The van der Waals surface area contributed by atoms with Gasteiger partial charge in [-0.05, 0) is 38.2 Å². The first-order valence-corrected chi connectivity index (χ1v) is 7.59. The number of rotatable bonds is 3. The zero-order valence-corrected chi connectivity index (χ0v) is 13.3. The smallest absolute Gasteiger partial charge is 0.416 e. The monoisotopic (exact) mass is 338 g/mol. The lowest BCUT2D eigenvalue weighted by molar-refractivity contribution is -0.137. The number of pyridine rings is 1. The molecule has 0 bridgehead atoms. The Hall–Kier alpha value is -2.15. The van der Waals surface area contributed by atoms with Crippen molar-refractivity contribution in [2.45, 2.75) is 31.7 Å². The number of likely N-dealkylation sites (tertiary alicyclic amines) is 1. The summed E-state index contributed by atoms with van der Waals surface area (Å²) in [7, 11) is 1.86. The van der Waals surface area contributed by atoms with Crippen LogP contribution in [-0.2, 0) is 11.0 Å². The second-order valence-corrected chi connectivity index (χ2v) is 6.08. The molecule has 3 rings (SSSR count). The Kier molecular flexibility index (Phi) is 4.21. The summed E-state index contributed by atoms with van der Waals surface area (Å²) in [6, 6.07) is 4.87. The molecule has 1 aromatic carbocycles. The van der Waals surface area contributed by atoms with Crippen LogP contribution in [0.2, 0.25) is 0 Å². The molecule has 0 aliphatic carbocycles. The van der Waals surface area contributed by atoms with Crippen LogP contribution in [0.1, 0.15) is 18.9 Å². The predicted molar refractivity (Wildman–Crippen MR) is 82.9 cm³/mol. The molecule has 0 amide bonds. The van der Waals surface area contributed by atoms with Gasteiger partial charge >= 0.3 is 6.18 Å². The minimum atomic E-state index is -4.41. The Morgan fingerprint density at radius 1 is 1.33 bits per heavy atom. The number of carbonyl (C=O) groups is 1. The maximum Gasteiger partial charge on any atom is 0.416 e. The van der Waals surface area contributed by atoms with Crippen LogP contribution in [0, 0.1) is 0 Å². The van der Waals surface area contributed by atoms with E-state index in [-0.39, 0.29) is 23.4 Å². The summed E-state index contributed by atoms with van der Waals surface area (Å²) in [5.41, 5.74) is -0.506. The van der Waals surface area contributed by atoms with Crippen molar-refractivity contribution in [3.63, 3.8) is 0 Å². The molecule has 128 valence electrons. The van der Waals surface area contributed by atoms with Gasteiger partial charge in [-0.2, -0.15) is 13.2 Å². The van der Waals surface area contributed by atoms with E-state index in [1.54, 1.807) is 13.0 Å². The maximum atomic E-state index is 12.8. The minimum absolute atomic E-state index is 0.0815. The highest BCUT2D eigenvalue weighted by Crippen LogP contribution is 2.34. The minimum Gasteiger partial charge on any atom is -0.488 e. The highest BCUT2D eigenvalue weighted by atomic mass is 19.4. The molecule has 1 aromatic heterocycles. The van der Waals surface area contributed by atoms with Gasteiger partial charge in [0.2, 0.25) is 0 Å². The SMILES string of the molecule is CC(=O)C1CC(Oc2ccnc3cc(C(F)(F)F)ccc23)CN1C. The van der Waals surface area contributed by atoms with Gasteiger partial charge in [0.25, 0.3) is 0 Å². The third-order valence-electron chi connectivity index (χ3n) is 4.30. The summed E-state index contributed by atoms with van der Waals surface area (Å²) in [4.78, 5) is 17.5. The van der Waals surface area contributed by atoms with E-state index >= 15 is 0 Å². The van der Waals surface area contributed by atoms with E-state index in [0.717, 1.165) is 12.1 Å². The Morgan fingerprint density at radius 3 is 2.71 bits per heavy atom. The van der Waals surface area contributed by atoms with Gasteiger partial charge in [-0.3, -0.25) is 14.7 Å². The molecule has 2 aromatic rings. The van der Waals surface area contributed by atoms with Crippen LogP contribution in [-0.4, -0.2) is 41.4 Å². The molecule has 24 heavy (non-hydrogen) atoms. The lowest BCUT2D eigenvalue weighted by atomic mass is 10.1. The first-order chi connectivity index (χ1) is 11.3. The molecule has 1 fully saturated rings. The fraction of sp³-hybridized carbons (Fsp3) is 0.412. The summed E-state index contributed by atoms with van der Waals surface area (Å²) in [6.45, 7) is 2.14. The van der Waals surface area contributed by atoms with Crippen LogP contribution in [0.25, 0.3) is 10.9 Å². The first-order valence-electron chi connectivity index (χ1n) is 7.59. The van der Waals surface area contributed by atoms with Gasteiger partial charge in [-0.25, -0.2) is 0 Å². The fourth-order valence-electron chi connectivity index (χ4n) is 3.09. The molecule has 0 radical (unpaired) electrons. The number of likely N-dealkylation sites (N-methyl/N-ethyl adjacent to an activating group) is 1. The number of halogens is 3. The van der Waals surface area contributed by atoms with Crippen LogP contribution >= 0.6 is 0 Å². The molecular weight excluding hydrogens is 321 g/mol. The molecule has 2 unspecified atom stereocenters.